The quantitative estimate of drug-likeness (QED) is 0.519. The van der Waals surface area contributed by atoms with Gasteiger partial charge in [-0.3, -0.25) is 9.78 Å². The maximum atomic E-state index is 12.9. The minimum atomic E-state index is 0.0224. The van der Waals surface area contributed by atoms with E-state index in [1.54, 1.807) is 6.20 Å². The lowest BCUT2D eigenvalue weighted by atomic mass is 9.90. The van der Waals surface area contributed by atoms with Gasteiger partial charge in [0.05, 0.1) is 5.69 Å². The van der Waals surface area contributed by atoms with Crippen molar-refractivity contribution in [2.24, 2.45) is 5.92 Å². The summed E-state index contributed by atoms with van der Waals surface area (Å²) in [4.78, 5) is 19.4. The van der Waals surface area contributed by atoms with Crippen molar-refractivity contribution in [3.8, 4) is 28.5 Å². The summed E-state index contributed by atoms with van der Waals surface area (Å²) in [5.41, 5.74) is 11.5. The van der Waals surface area contributed by atoms with Crippen LogP contribution in [0, 0.1) is 5.92 Å². The molecule has 3 aromatic rings. The average Bonchev–Trinajstić information content (AvgIpc) is 3.59. The van der Waals surface area contributed by atoms with Crippen LogP contribution in [-0.2, 0) is 17.8 Å². The molecule has 3 aliphatic rings. The van der Waals surface area contributed by atoms with Crippen LogP contribution in [0.2, 0.25) is 0 Å². The first-order chi connectivity index (χ1) is 17.7. The van der Waals surface area contributed by atoms with Gasteiger partial charge >= 0.3 is 0 Å². The summed E-state index contributed by atoms with van der Waals surface area (Å²) < 4.78 is 16.9. The number of benzene rings is 2. The topological polar surface area (TPSA) is 85.0 Å². The van der Waals surface area contributed by atoms with Gasteiger partial charge in [-0.05, 0) is 79.1 Å². The maximum absolute atomic E-state index is 12.9. The molecular weight excluding hydrogens is 456 g/mol. The lowest BCUT2D eigenvalue weighted by Crippen LogP contribution is -2.41. The van der Waals surface area contributed by atoms with E-state index < -0.39 is 0 Å². The number of amides is 1. The van der Waals surface area contributed by atoms with Crippen molar-refractivity contribution >= 4 is 11.6 Å². The molecule has 36 heavy (non-hydrogen) atoms. The fourth-order valence-corrected chi connectivity index (χ4v) is 5.14. The second-order valence-electron chi connectivity index (χ2n) is 9.54. The van der Waals surface area contributed by atoms with E-state index in [0.29, 0.717) is 18.5 Å². The SMILES string of the molecule is O=C(COc1cccnc1-c1ccc2c(c1)CNN2)N1CCC(CCc2ccc3c(c2)OCO3)CC1. The Morgan fingerprint density at radius 1 is 1.08 bits per heavy atom. The number of hydrogen-bond acceptors (Lipinski definition) is 7. The summed E-state index contributed by atoms with van der Waals surface area (Å²) in [5, 5.41) is 0. The molecule has 2 N–H and O–H groups in total. The molecule has 3 aliphatic heterocycles. The van der Waals surface area contributed by atoms with Crippen molar-refractivity contribution in [3.05, 3.63) is 65.9 Å². The van der Waals surface area contributed by atoms with E-state index in [2.05, 4.69) is 34.0 Å². The number of ether oxygens (including phenoxy) is 3. The van der Waals surface area contributed by atoms with Gasteiger partial charge in [-0.1, -0.05) is 12.1 Å². The molecule has 0 spiro atoms. The Labute approximate surface area is 210 Å². The first kappa shape index (κ1) is 22.7. The number of nitrogens with zero attached hydrogens (tertiary/aromatic N) is 2. The molecule has 0 radical (unpaired) electrons. The number of anilines is 1. The third kappa shape index (κ3) is 4.81. The second kappa shape index (κ2) is 10.1. The highest BCUT2D eigenvalue weighted by Gasteiger charge is 2.24. The highest BCUT2D eigenvalue weighted by atomic mass is 16.7. The standard InChI is InChI=1S/C28H30N4O4/c33-27(17-34-25-2-1-11-29-28(25)21-6-7-23-22(15-21)16-30-31-23)32-12-9-19(10-13-32)3-4-20-5-8-24-26(14-20)36-18-35-24/h1-2,5-8,11,14-15,19,30-31H,3-4,9-10,12-13,16-18H2. The number of fused-ring (bicyclic) bond motifs is 2. The van der Waals surface area contributed by atoms with Gasteiger partial charge < -0.3 is 24.5 Å². The zero-order valence-electron chi connectivity index (χ0n) is 20.2. The van der Waals surface area contributed by atoms with Crippen LogP contribution in [0.15, 0.2) is 54.7 Å². The van der Waals surface area contributed by atoms with Gasteiger partial charge in [-0.25, -0.2) is 5.43 Å². The molecule has 1 fully saturated rings. The third-order valence-electron chi connectivity index (χ3n) is 7.25. The Hall–Kier alpha value is -3.78. The van der Waals surface area contributed by atoms with Crippen LogP contribution in [0.5, 0.6) is 17.2 Å². The number of aryl methyl sites for hydroxylation is 1. The average molecular weight is 487 g/mol. The number of pyridine rings is 1. The molecule has 8 heteroatoms. The number of aromatic nitrogens is 1. The minimum Gasteiger partial charge on any atom is -0.481 e. The van der Waals surface area contributed by atoms with Gasteiger partial charge in [0, 0.05) is 31.4 Å². The van der Waals surface area contributed by atoms with E-state index in [1.807, 2.05) is 35.2 Å². The number of hydrazine groups is 1. The van der Waals surface area contributed by atoms with Crippen molar-refractivity contribution in [2.75, 3.05) is 31.9 Å². The van der Waals surface area contributed by atoms with E-state index in [4.69, 9.17) is 14.2 Å². The van der Waals surface area contributed by atoms with Crippen molar-refractivity contribution in [1.29, 1.82) is 0 Å². The molecule has 0 aliphatic carbocycles. The molecular formula is C28H30N4O4. The smallest absolute Gasteiger partial charge is 0.260 e. The highest BCUT2D eigenvalue weighted by molar-refractivity contribution is 5.78. The van der Waals surface area contributed by atoms with Crippen LogP contribution < -0.4 is 25.1 Å². The number of likely N-dealkylation sites (tertiary alicyclic amines) is 1. The van der Waals surface area contributed by atoms with E-state index in [0.717, 1.165) is 73.8 Å². The molecule has 1 amide bonds. The van der Waals surface area contributed by atoms with Crippen LogP contribution in [0.3, 0.4) is 0 Å². The van der Waals surface area contributed by atoms with Crippen LogP contribution in [-0.4, -0.2) is 42.3 Å². The summed E-state index contributed by atoms with van der Waals surface area (Å²) in [6, 6.07) is 16.1. The Kier molecular flexibility index (Phi) is 6.34. The van der Waals surface area contributed by atoms with E-state index in [-0.39, 0.29) is 12.5 Å². The molecule has 0 unspecified atom stereocenters. The molecule has 0 bridgehead atoms. The van der Waals surface area contributed by atoms with Crippen LogP contribution in [0.4, 0.5) is 5.69 Å². The molecule has 186 valence electrons. The zero-order valence-corrected chi connectivity index (χ0v) is 20.2. The molecule has 4 heterocycles. The zero-order chi connectivity index (χ0) is 24.3. The summed E-state index contributed by atoms with van der Waals surface area (Å²) in [6.07, 6.45) is 5.92. The van der Waals surface area contributed by atoms with E-state index in [9.17, 15) is 4.79 Å². The van der Waals surface area contributed by atoms with Gasteiger partial charge in [-0.2, -0.15) is 0 Å². The Bertz CT molecular complexity index is 1260. The molecule has 6 rings (SSSR count). The largest absolute Gasteiger partial charge is 0.481 e. The number of rotatable bonds is 7. The third-order valence-corrected chi connectivity index (χ3v) is 7.25. The van der Waals surface area contributed by atoms with Gasteiger partial charge in [-0.15, -0.1) is 0 Å². The van der Waals surface area contributed by atoms with Crippen LogP contribution >= 0.6 is 0 Å². The predicted octanol–water partition coefficient (Wildman–Crippen LogP) is 4.16. The predicted molar refractivity (Wildman–Crippen MR) is 136 cm³/mol. The van der Waals surface area contributed by atoms with Crippen molar-refractivity contribution in [2.45, 2.75) is 32.2 Å². The van der Waals surface area contributed by atoms with Gasteiger partial charge in [0.1, 0.15) is 11.4 Å². The van der Waals surface area contributed by atoms with Gasteiger partial charge in [0.25, 0.3) is 5.91 Å². The van der Waals surface area contributed by atoms with Crippen molar-refractivity contribution in [3.63, 3.8) is 0 Å². The molecule has 0 atom stereocenters. The molecule has 1 saturated heterocycles. The van der Waals surface area contributed by atoms with Crippen molar-refractivity contribution in [1.82, 2.24) is 15.3 Å². The molecule has 8 nitrogen and oxygen atoms in total. The Morgan fingerprint density at radius 2 is 1.97 bits per heavy atom. The monoisotopic (exact) mass is 486 g/mol. The van der Waals surface area contributed by atoms with Gasteiger partial charge in [0.15, 0.2) is 18.1 Å². The minimum absolute atomic E-state index is 0.0224. The fourth-order valence-electron chi connectivity index (χ4n) is 5.14. The number of piperidine rings is 1. The first-order valence-corrected chi connectivity index (χ1v) is 12.6. The summed E-state index contributed by atoms with van der Waals surface area (Å²) >= 11 is 0. The summed E-state index contributed by atoms with van der Waals surface area (Å²) in [6.45, 7) is 2.64. The van der Waals surface area contributed by atoms with E-state index >= 15 is 0 Å². The van der Waals surface area contributed by atoms with Gasteiger partial charge in [0.2, 0.25) is 6.79 Å². The summed E-state index contributed by atoms with van der Waals surface area (Å²) in [5.74, 6) is 2.95. The first-order valence-electron chi connectivity index (χ1n) is 12.6. The Balaban J connectivity index is 1.000. The Morgan fingerprint density at radius 3 is 2.89 bits per heavy atom. The molecule has 0 saturated carbocycles. The van der Waals surface area contributed by atoms with Crippen LogP contribution in [0.1, 0.15) is 30.4 Å². The maximum Gasteiger partial charge on any atom is 0.260 e. The van der Waals surface area contributed by atoms with E-state index in [1.165, 1.54) is 11.1 Å². The number of hydrogen-bond donors (Lipinski definition) is 2. The summed E-state index contributed by atoms with van der Waals surface area (Å²) in [7, 11) is 0. The molecule has 1 aromatic heterocycles. The second-order valence-corrected chi connectivity index (χ2v) is 9.54. The van der Waals surface area contributed by atoms with Crippen LogP contribution in [0.25, 0.3) is 11.3 Å². The highest BCUT2D eigenvalue weighted by Crippen LogP contribution is 2.34. The number of nitrogens with one attached hydrogen (secondary N) is 2. The number of carbonyl (C=O) groups excluding carboxylic acids is 1. The number of carbonyl (C=O) groups is 1. The lowest BCUT2D eigenvalue weighted by Gasteiger charge is -2.32. The normalized spacial score (nSPS) is 16.5. The lowest BCUT2D eigenvalue weighted by molar-refractivity contribution is -0.134. The molecule has 2 aromatic carbocycles. The fraction of sp³-hybridized carbons (Fsp3) is 0.357. The van der Waals surface area contributed by atoms with Crippen molar-refractivity contribution < 1.29 is 19.0 Å².